The highest BCUT2D eigenvalue weighted by atomic mass is 16.3. The van der Waals surface area contributed by atoms with Crippen molar-refractivity contribution >= 4 is 112 Å². The van der Waals surface area contributed by atoms with E-state index in [0.29, 0.717) is 0 Å². The van der Waals surface area contributed by atoms with E-state index in [9.17, 15) is 0 Å². The largest absolute Gasteiger partial charge is 0.456 e. The van der Waals surface area contributed by atoms with Crippen LogP contribution < -0.4 is 19.6 Å². The number of hydrogen-bond acceptors (Lipinski definition) is 6. The van der Waals surface area contributed by atoms with Crippen LogP contribution in [0.3, 0.4) is 0 Å². The molecule has 14 rings (SSSR count). The van der Waals surface area contributed by atoms with Crippen LogP contribution in [0.25, 0.3) is 55.0 Å². The molecule has 81 heavy (non-hydrogen) atoms. The molecule has 6 heteroatoms. The van der Waals surface area contributed by atoms with Crippen LogP contribution in [0, 0.1) is 20.8 Å². The fourth-order valence-electron chi connectivity index (χ4n) is 11.3. The molecule has 2 heterocycles. The summed E-state index contributed by atoms with van der Waals surface area (Å²) >= 11 is 0. The number of anilines is 12. The van der Waals surface area contributed by atoms with Crippen molar-refractivity contribution in [3.05, 3.63) is 302 Å². The number of aryl methyl sites for hydroxylation is 3. The van der Waals surface area contributed by atoms with Gasteiger partial charge in [-0.15, -0.1) is 0 Å². The second kappa shape index (κ2) is 20.7. The fraction of sp³-hybridized carbons (Fsp3) is 0.0400. The Labute approximate surface area is 471 Å². The molecular formula is C75H56N4O2. The van der Waals surface area contributed by atoms with Gasteiger partial charge in [-0.1, -0.05) is 132 Å². The van der Waals surface area contributed by atoms with Crippen LogP contribution in [0.15, 0.2) is 294 Å². The molecule has 0 atom stereocenters. The molecule has 0 aliphatic heterocycles. The molecular weight excluding hydrogens is 989 g/mol. The maximum Gasteiger partial charge on any atom is 0.135 e. The highest BCUT2D eigenvalue weighted by molar-refractivity contribution is 6.10. The van der Waals surface area contributed by atoms with Gasteiger partial charge in [-0.25, -0.2) is 0 Å². The molecule has 0 fully saturated rings. The summed E-state index contributed by atoms with van der Waals surface area (Å²) in [5, 5.41) is 4.13. The number of fused-ring (bicyclic) bond motifs is 6. The smallest absolute Gasteiger partial charge is 0.135 e. The molecule has 0 bridgehead atoms. The Morgan fingerprint density at radius 1 is 0.198 bits per heavy atom. The molecule has 14 aromatic rings. The van der Waals surface area contributed by atoms with E-state index in [1.165, 1.54) is 16.7 Å². The van der Waals surface area contributed by atoms with Gasteiger partial charge in [-0.05, 0) is 202 Å². The van der Waals surface area contributed by atoms with Gasteiger partial charge >= 0.3 is 0 Å². The zero-order valence-electron chi connectivity index (χ0n) is 45.2. The lowest BCUT2D eigenvalue weighted by Gasteiger charge is -2.26. The molecule has 0 unspecified atom stereocenters. The lowest BCUT2D eigenvalue weighted by atomic mass is 10.0. The molecule has 0 aliphatic carbocycles. The summed E-state index contributed by atoms with van der Waals surface area (Å²) in [6.07, 6.45) is 0. The minimum atomic E-state index is 0.821. The van der Waals surface area contributed by atoms with Crippen LogP contribution in [0.2, 0.25) is 0 Å². The van der Waals surface area contributed by atoms with E-state index >= 15 is 0 Å². The quantitative estimate of drug-likeness (QED) is 0.115. The summed E-state index contributed by atoms with van der Waals surface area (Å²) in [5.74, 6) is 0. The van der Waals surface area contributed by atoms with Crippen LogP contribution in [-0.4, -0.2) is 0 Å². The predicted molar refractivity (Wildman–Crippen MR) is 339 cm³/mol. The fourth-order valence-corrected chi connectivity index (χ4v) is 11.3. The van der Waals surface area contributed by atoms with E-state index in [2.05, 4.69) is 325 Å². The van der Waals surface area contributed by atoms with Gasteiger partial charge in [0.2, 0.25) is 0 Å². The molecule has 388 valence electrons. The Morgan fingerprint density at radius 3 is 0.654 bits per heavy atom. The molecule has 12 aromatic carbocycles. The summed E-state index contributed by atoms with van der Waals surface area (Å²) in [4.78, 5) is 9.26. The van der Waals surface area contributed by atoms with Crippen molar-refractivity contribution < 1.29 is 8.83 Å². The summed E-state index contributed by atoms with van der Waals surface area (Å²) in [6, 6.07) is 102. The molecule has 0 N–H and O–H groups in total. The van der Waals surface area contributed by atoms with Gasteiger partial charge in [0.1, 0.15) is 22.3 Å². The van der Waals surface area contributed by atoms with Crippen LogP contribution in [0.5, 0.6) is 0 Å². The van der Waals surface area contributed by atoms with Crippen molar-refractivity contribution in [2.24, 2.45) is 0 Å². The Morgan fingerprint density at radius 2 is 0.395 bits per heavy atom. The van der Waals surface area contributed by atoms with Crippen LogP contribution in [0.1, 0.15) is 16.7 Å². The maximum atomic E-state index is 6.63. The van der Waals surface area contributed by atoms with Gasteiger partial charge in [-0.2, -0.15) is 0 Å². The molecule has 2 aromatic heterocycles. The Hall–Kier alpha value is -10.6. The first-order valence-electron chi connectivity index (χ1n) is 27.5. The average Bonchev–Trinajstić information content (AvgIpc) is 4.15. The summed E-state index contributed by atoms with van der Waals surface area (Å²) in [5.41, 5.74) is 22.0. The van der Waals surface area contributed by atoms with Crippen molar-refractivity contribution in [2.45, 2.75) is 20.8 Å². The maximum absolute atomic E-state index is 6.63. The second-order valence-corrected chi connectivity index (χ2v) is 20.9. The van der Waals surface area contributed by atoms with Gasteiger partial charge in [0.15, 0.2) is 0 Å². The monoisotopic (exact) mass is 1040 g/mol. The van der Waals surface area contributed by atoms with Crippen LogP contribution in [0.4, 0.5) is 68.2 Å². The van der Waals surface area contributed by atoms with Crippen molar-refractivity contribution in [1.29, 1.82) is 0 Å². The summed E-state index contributed by atoms with van der Waals surface area (Å²) in [6.45, 7) is 6.38. The first-order valence-corrected chi connectivity index (χ1v) is 27.5. The van der Waals surface area contributed by atoms with Gasteiger partial charge in [0.05, 0.1) is 0 Å². The molecule has 0 radical (unpaired) electrons. The summed E-state index contributed by atoms with van der Waals surface area (Å²) < 4.78 is 13.2. The number of para-hydroxylation sites is 3. The third kappa shape index (κ3) is 9.39. The number of benzene rings is 12. The van der Waals surface area contributed by atoms with Crippen molar-refractivity contribution in [1.82, 2.24) is 0 Å². The number of furan rings is 2. The Balaban J connectivity index is 0.816. The van der Waals surface area contributed by atoms with Gasteiger partial charge in [0, 0.05) is 89.8 Å². The van der Waals surface area contributed by atoms with Crippen molar-refractivity contribution in [2.75, 3.05) is 19.6 Å². The Kier molecular flexibility index (Phi) is 12.4. The Bertz CT molecular complexity index is 4470. The summed E-state index contributed by atoms with van der Waals surface area (Å²) in [7, 11) is 0. The molecule has 0 amide bonds. The second-order valence-electron chi connectivity index (χ2n) is 20.9. The number of hydrogen-bond donors (Lipinski definition) is 0. The highest BCUT2D eigenvalue weighted by Crippen LogP contribution is 2.45. The zero-order valence-corrected chi connectivity index (χ0v) is 45.2. The predicted octanol–water partition coefficient (Wildman–Crippen LogP) is 22.0. The third-order valence-electron chi connectivity index (χ3n) is 15.4. The van der Waals surface area contributed by atoms with E-state index in [0.717, 1.165) is 123 Å². The average molecular weight is 1050 g/mol. The highest BCUT2D eigenvalue weighted by Gasteiger charge is 2.22. The first-order chi connectivity index (χ1) is 39.8. The zero-order chi connectivity index (χ0) is 54.4. The molecule has 0 saturated heterocycles. The molecule has 0 saturated carbocycles. The van der Waals surface area contributed by atoms with E-state index in [1.807, 2.05) is 0 Å². The topological polar surface area (TPSA) is 39.2 Å². The minimum Gasteiger partial charge on any atom is -0.456 e. The van der Waals surface area contributed by atoms with Crippen LogP contribution in [-0.2, 0) is 0 Å². The van der Waals surface area contributed by atoms with E-state index in [-0.39, 0.29) is 0 Å². The third-order valence-corrected chi connectivity index (χ3v) is 15.4. The molecule has 0 spiro atoms. The van der Waals surface area contributed by atoms with Crippen LogP contribution >= 0.6 is 0 Å². The molecule has 0 aliphatic rings. The number of nitrogens with zero attached hydrogens (tertiary/aromatic N) is 4. The van der Waals surface area contributed by atoms with E-state index < -0.39 is 0 Å². The van der Waals surface area contributed by atoms with Gasteiger partial charge in [-0.3, -0.25) is 0 Å². The first kappa shape index (κ1) is 48.8. The minimum absolute atomic E-state index is 0.821. The van der Waals surface area contributed by atoms with E-state index in [1.54, 1.807) is 0 Å². The van der Waals surface area contributed by atoms with Crippen molar-refractivity contribution in [3.63, 3.8) is 0 Å². The molecule has 6 nitrogen and oxygen atoms in total. The van der Waals surface area contributed by atoms with Gasteiger partial charge in [0.25, 0.3) is 0 Å². The lowest BCUT2D eigenvalue weighted by Crippen LogP contribution is -2.10. The number of rotatable bonds is 13. The normalized spacial score (nSPS) is 11.4. The standard InChI is InChI=1S/C75H56N4O2/c1-51-19-29-59(30-20-51)76(60-31-21-52(2)22-32-60)62-35-25-54(26-36-62)55-27-37-63(38-28-55)78(57-15-9-5-10-16-57)65-40-44-73-69(48-65)71-50-67(42-46-75(71)81-73)79(58-17-11-6-12-18-58)66-41-45-74-70(49-66)68-47-64(39-43-72(68)80-74)77(56-13-7-4-8-14-56)61-33-23-53(3)24-34-61/h4-50H,1-3H3. The van der Waals surface area contributed by atoms with Gasteiger partial charge < -0.3 is 28.4 Å². The van der Waals surface area contributed by atoms with Crippen molar-refractivity contribution in [3.8, 4) is 11.1 Å². The SMILES string of the molecule is Cc1ccc(N(c2ccc(C)cc2)c2ccc(-c3ccc(N(c4ccccc4)c4ccc5oc6ccc(N(c7ccccc7)c7ccc8oc9ccc(N(c%10ccccc%10)c%10ccc(C)cc%10)cc9c8c7)cc6c5c4)cc3)cc2)cc1. The lowest BCUT2D eigenvalue weighted by molar-refractivity contribution is 0.668. The van der Waals surface area contributed by atoms with E-state index in [4.69, 9.17) is 8.83 Å².